The summed E-state index contributed by atoms with van der Waals surface area (Å²) in [5, 5.41) is 9.56. The summed E-state index contributed by atoms with van der Waals surface area (Å²) in [5.74, 6) is 0.908. The monoisotopic (exact) mass is 581 g/mol. The minimum absolute atomic E-state index is 0.0514. The van der Waals surface area contributed by atoms with E-state index in [2.05, 4.69) is 18.7 Å². The van der Waals surface area contributed by atoms with Crippen molar-refractivity contribution in [3.63, 3.8) is 0 Å². The number of carbonyl (C=O) groups is 2. The fourth-order valence-corrected chi connectivity index (χ4v) is 4.62. The van der Waals surface area contributed by atoms with Gasteiger partial charge in [-0.15, -0.1) is 11.6 Å². The van der Waals surface area contributed by atoms with Crippen molar-refractivity contribution in [2.24, 2.45) is 11.7 Å². The Morgan fingerprint density at radius 1 is 1.30 bits per heavy atom. The van der Waals surface area contributed by atoms with Gasteiger partial charge in [0.05, 0.1) is 22.8 Å². The maximum Gasteiger partial charge on any atom is 0.260 e. The maximum absolute atomic E-state index is 13.1. The van der Waals surface area contributed by atoms with Crippen LogP contribution >= 0.6 is 23.2 Å². The quantitative estimate of drug-likeness (QED) is 0.118. The molecule has 210 valence electrons. The topological polar surface area (TPSA) is 106 Å². The molecule has 2 amide bonds. The number of nitrogens with zero attached hydrogens (tertiary/aromatic N) is 2. The normalized spacial score (nSPS) is 25.5. The van der Waals surface area contributed by atoms with Gasteiger partial charge in [0.1, 0.15) is 11.5 Å². The molecule has 7 nitrogen and oxygen atoms in total. The summed E-state index contributed by atoms with van der Waals surface area (Å²) in [5.41, 5.74) is 7.40. The Kier molecular flexibility index (Phi) is 11.7. The van der Waals surface area contributed by atoms with E-state index in [1.165, 1.54) is 6.08 Å². The van der Waals surface area contributed by atoms with Gasteiger partial charge in [-0.2, -0.15) is 5.26 Å². The second-order valence-electron chi connectivity index (χ2n) is 9.49. The van der Waals surface area contributed by atoms with E-state index in [1.54, 1.807) is 36.1 Å². The maximum atomic E-state index is 13.1. The molecule has 3 aliphatic rings. The number of hydrogen-bond acceptors (Lipinski definition) is 5. The number of alkyl halides is 1. The summed E-state index contributed by atoms with van der Waals surface area (Å²) in [7, 11) is 0. The van der Waals surface area contributed by atoms with Crippen LogP contribution in [0.5, 0.6) is 0 Å². The molecule has 0 fully saturated rings. The van der Waals surface area contributed by atoms with Gasteiger partial charge in [0.2, 0.25) is 5.91 Å². The van der Waals surface area contributed by atoms with Crippen molar-refractivity contribution in [3.8, 4) is 6.07 Å². The molecule has 1 aliphatic heterocycles. The number of ether oxygens (including phenoxy) is 2. The van der Waals surface area contributed by atoms with Crippen molar-refractivity contribution >= 4 is 35.0 Å². The second kappa shape index (κ2) is 15.2. The van der Waals surface area contributed by atoms with Gasteiger partial charge in [0.25, 0.3) is 5.91 Å². The number of amides is 2. The van der Waals surface area contributed by atoms with Gasteiger partial charge in [-0.3, -0.25) is 9.59 Å². The summed E-state index contributed by atoms with van der Waals surface area (Å²) >= 11 is 12.4. The van der Waals surface area contributed by atoms with Crippen molar-refractivity contribution in [2.75, 3.05) is 19.7 Å². The molecule has 2 aliphatic carbocycles. The molecular weight excluding hydrogens is 549 g/mol. The van der Waals surface area contributed by atoms with Crippen LogP contribution in [0.2, 0.25) is 0 Å². The highest BCUT2D eigenvalue weighted by molar-refractivity contribution is 6.29. The average Bonchev–Trinajstić information content (AvgIpc) is 3.11. The van der Waals surface area contributed by atoms with E-state index in [0.717, 1.165) is 5.57 Å². The van der Waals surface area contributed by atoms with Crippen LogP contribution in [0.3, 0.4) is 0 Å². The van der Waals surface area contributed by atoms with Crippen LogP contribution in [-0.4, -0.2) is 41.8 Å². The summed E-state index contributed by atoms with van der Waals surface area (Å²) in [4.78, 5) is 26.6. The van der Waals surface area contributed by atoms with E-state index in [9.17, 15) is 14.9 Å². The Morgan fingerprint density at radius 2 is 2.10 bits per heavy atom. The van der Waals surface area contributed by atoms with E-state index in [4.69, 9.17) is 38.4 Å². The lowest BCUT2D eigenvalue weighted by molar-refractivity contribution is -0.135. The zero-order valence-electron chi connectivity index (χ0n) is 22.4. The molecule has 2 atom stereocenters. The fourth-order valence-electron chi connectivity index (χ4n) is 4.30. The van der Waals surface area contributed by atoms with Crippen molar-refractivity contribution in [1.82, 2.24) is 4.90 Å². The first kappa shape index (κ1) is 30.8. The summed E-state index contributed by atoms with van der Waals surface area (Å²) in [6, 6.07) is 2.07. The predicted octanol–water partition coefficient (Wildman–Crippen LogP) is 6.00. The molecule has 0 spiro atoms. The number of carbonyl (C=O) groups excluding carboxylic acids is 2. The Labute approximate surface area is 245 Å². The highest BCUT2D eigenvalue weighted by Gasteiger charge is 2.22. The lowest BCUT2D eigenvalue weighted by Gasteiger charge is -2.23. The molecule has 2 unspecified atom stereocenters. The zero-order valence-corrected chi connectivity index (χ0v) is 24.0. The molecule has 0 saturated carbocycles. The third-order valence-corrected chi connectivity index (χ3v) is 6.65. The second-order valence-corrected chi connectivity index (χ2v) is 10.7. The number of fused-ring (bicyclic) bond motifs is 1. The van der Waals surface area contributed by atoms with Crippen LogP contribution < -0.4 is 5.73 Å². The van der Waals surface area contributed by atoms with Gasteiger partial charge in [0, 0.05) is 42.5 Å². The van der Waals surface area contributed by atoms with Crippen LogP contribution in [0, 0.1) is 17.2 Å². The van der Waals surface area contributed by atoms with Crippen molar-refractivity contribution in [2.45, 2.75) is 38.0 Å². The van der Waals surface area contributed by atoms with Gasteiger partial charge in [-0.05, 0) is 61.8 Å². The standard InChI is InChI=1S/C31H33Cl2N3O4/c1-3-27(16-24(18-34)13-21(2)32)40-29-10-9-28(8-7-26(33)17-29)39-20-30(37)36-12-11-22-14-23(19-36)5-4-6-25(15-22)31(35)38/h3-5,8,10,13-17,21,23H,1,6-7,9,11-12,19-20H2,2H3,(H2,35,38)/b5-4-,24-13+,25-15+,26-17+,27-16+,28-8+,29-10?. The Bertz CT molecular complexity index is 1310. The number of rotatable bonds is 9. The Balaban J connectivity index is 1.63. The van der Waals surface area contributed by atoms with Crippen molar-refractivity contribution < 1.29 is 19.1 Å². The summed E-state index contributed by atoms with van der Waals surface area (Å²) < 4.78 is 11.8. The van der Waals surface area contributed by atoms with E-state index in [1.807, 2.05) is 24.3 Å². The summed E-state index contributed by atoms with van der Waals surface area (Å²) in [6.45, 7) is 6.45. The van der Waals surface area contributed by atoms with Gasteiger partial charge in [-0.1, -0.05) is 42.5 Å². The minimum atomic E-state index is -0.430. The van der Waals surface area contributed by atoms with E-state index in [0.29, 0.717) is 72.2 Å². The largest absolute Gasteiger partial charge is 0.488 e. The van der Waals surface area contributed by atoms with E-state index >= 15 is 0 Å². The van der Waals surface area contributed by atoms with Crippen molar-refractivity contribution in [3.05, 3.63) is 106 Å². The molecular formula is C31H33Cl2N3O4. The summed E-state index contributed by atoms with van der Waals surface area (Å²) in [6.07, 6.45) is 19.7. The molecule has 0 aromatic carbocycles. The molecule has 9 heteroatoms. The van der Waals surface area contributed by atoms with Crippen LogP contribution in [-0.2, 0) is 19.1 Å². The van der Waals surface area contributed by atoms with Crippen LogP contribution in [0.1, 0.15) is 32.6 Å². The fraction of sp³-hybridized carbons (Fsp3) is 0.323. The first-order valence-electron chi connectivity index (χ1n) is 13.0. The molecule has 2 N–H and O–H groups in total. The van der Waals surface area contributed by atoms with Gasteiger partial charge in [0.15, 0.2) is 6.61 Å². The van der Waals surface area contributed by atoms with Gasteiger partial charge < -0.3 is 20.1 Å². The zero-order chi connectivity index (χ0) is 29.1. The molecule has 1 heterocycles. The number of halogens is 2. The molecule has 0 aromatic heterocycles. The molecule has 0 aromatic rings. The Hall–Kier alpha value is -3.73. The van der Waals surface area contributed by atoms with Crippen molar-refractivity contribution in [1.29, 1.82) is 5.26 Å². The molecule has 2 bridgehead atoms. The molecule has 0 radical (unpaired) electrons. The first-order chi connectivity index (χ1) is 19.2. The van der Waals surface area contributed by atoms with E-state index < -0.39 is 5.91 Å². The third-order valence-electron chi connectivity index (χ3n) is 6.26. The highest BCUT2D eigenvalue weighted by atomic mass is 35.5. The number of allylic oxidation sites excluding steroid dienone is 10. The van der Waals surface area contributed by atoms with Gasteiger partial charge >= 0.3 is 0 Å². The van der Waals surface area contributed by atoms with Crippen LogP contribution in [0.25, 0.3) is 0 Å². The van der Waals surface area contributed by atoms with E-state index in [-0.39, 0.29) is 23.8 Å². The number of nitriles is 1. The number of nitrogens with two attached hydrogens (primary N) is 1. The molecule has 0 saturated heterocycles. The third kappa shape index (κ3) is 9.78. The minimum Gasteiger partial charge on any atom is -0.488 e. The Morgan fingerprint density at radius 3 is 2.80 bits per heavy atom. The average molecular weight is 583 g/mol. The first-order valence-corrected chi connectivity index (χ1v) is 13.8. The number of primary amides is 1. The SMILES string of the molecule is C=C/C(=C\C(C#N)=C/C(C)Cl)OC1=CC/C(OCC(=O)N2CCC3=CC(/C=C\C/C(C(N)=O)=C\3)C2)=C\C/C(Cl)=C\1. The number of hydrogen-bond donors (Lipinski definition) is 1. The lowest BCUT2D eigenvalue weighted by Crippen LogP contribution is -2.37. The molecule has 3 rings (SSSR count). The van der Waals surface area contributed by atoms with Crippen LogP contribution in [0.15, 0.2) is 106 Å². The van der Waals surface area contributed by atoms with Crippen LogP contribution in [0.4, 0.5) is 0 Å². The molecule has 40 heavy (non-hydrogen) atoms. The predicted molar refractivity (Wildman–Crippen MR) is 157 cm³/mol. The highest BCUT2D eigenvalue weighted by Crippen LogP contribution is 2.25. The van der Waals surface area contributed by atoms with Gasteiger partial charge in [-0.25, -0.2) is 0 Å². The smallest absolute Gasteiger partial charge is 0.260 e. The lowest BCUT2D eigenvalue weighted by atomic mass is 9.97.